The number of carbonyl (C=O) groups is 3. The Hall–Kier alpha value is -3.33. The van der Waals surface area contributed by atoms with E-state index in [1.165, 1.54) is 37.5 Å². The number of ether oxygens (including phenoxy) is 2. The maximum Gasteiger partial charge on any atom is 0.335 e. The van der Waals surface area contributed by atoms with Gasteiger partial charge >= 0.3 is 6.03 Å². The molecule has 0 spiro atoms. The fraction of sp³-hybridized carbons (Fsp3) is 0.190. The number of hydrogen-bond acceptors (Lipinski definition) is 6. The highest BCUT2D eigenvalue weighted by Crippen LogP contribution is 2.37. The van der Waals surface area contributed by atoms with E-state index in [9.17, 15) is 19.5 Å². The van der Waals surface area contributed by atoms with Crippen molar-refractivity contribution in [2.45, 2.75) is 13.3 Å². The Morgan fingerprint density at radius 1 is 1.17 bits per heavy atom. The van der Waals surface area contributed by atoms with Gasteiger partial charge in [0, 0.05) is 0 Å². The highest BCUT2D eigenvalue weighted by molar-refractivity contribution is 9.10. The molecule has 0 aliphatic carbocycles. The molecule has 0 atom stereocenters. The first kappa shape index (κ1) is 21.4. The molecule has 1 fully saturated rings. The van der Waals surface area contributed by atoms with Crippen LogP contribution in [0.4, 0.5) is 10.5 Å². The molecule has 2 aromatic carbocycles. The van der Waals surface area contributed by atoms with Crippen molar-refractivity contribution in [1.82, 2.24) is 5.32 Å². The van der Waals surface area contributed by atoms with Gasteiger partial charge in [-0.2, -0.15) is 0 Å². The van der Waals surface area contributed by atoms with E-state index in [1.807, 2.05) is 6.92 Å². The Kier molecular flexibility index (Phi) is 6.41. The van der Waals surface area contributed by atoms with Gasteiger partial charge in [-0.3, -0.25) is 14.9 Å². The number of hydrogen-bond donors (Lipinski definition) is 2. The third-order valence-corrected chi connectivity index (χ3v) is 4.81. The Balaban J connectivity index is 2.00. The number of benzene rings is 2. The lowest BCUT2D eigenvalue weighted by Crippen LogP contribution is -2.54. The Labute approximate surface area is 181 Å². The Morgan fingerprint density at radius 3 is 2.50 bits per heavy atom. The summed E-state index contributed by atoms with van der Waals surface area (Å²) in [7, 11) is 1.49. The van der Waals surface area contributed by atoms with Gasteiger partial charge in [0.15, 0.2) is 11.5 Å². The summed E-state index contributed by atoms with van der Waals surface area (Å²) in [6, 6.07) is 7.93. The summed E-state index contributed by atoms with van der Waals surface area (Å²) in [6.07, 6.45) is 2.19. The van der Waals surface area contributed by atoms with Gasteiger partial charge in [0.25, 0.3) is 11.8 Å². The van der Waals surface area contributed by atoms with E-state index in [0.717, 1.165) is 11.3 Å². The lowest BCUT2D eigenvalue weighted by atomic mass is 10.1. The molecule has 1 heterocycles. The van der Waals surface area contributed by atoms with Crippen LogP contribution in [0.1, 0.15) is 18.9 Å². The molecule has 3 rings (SSSR count). The summed E-state index contributed by atoms with van der Waals surface area (Å²) in [4.78, 5) is 38.3. The van der Waals surface area contributed by atoms with E-state index in [-0.39, 0.29) is 17.0 Å². The third-order valence-electron chi connectivity index (χ3n) is 4.22. The number of nitrogens with one attached hydrogen (secondary N) is 1. The summed E-state index contributed by atoms with van der Waals surface area (Å²) in [5.74, 6) is -0.656. The first-order valence-electron chi connectivity index (χ1n) is 9.06. The van der Waals surface area contributed by atoms with Gasteiger partial charge in [0.1, 0.15) is 11.3 Å². The summed E-state index contributed by atoms with van der Waals surface area (Å²) >= 11 is 3.42. The highest BCUT2D eigenvalue weighted by Gasteiger charge is 2.36. The molecule has 0 radical (unpaired) electrons. The van der Waals surface area contributed by atoms with E-state index in [0.29, 0.717) is 28.1 Å². The van der Waals surface area contributed by atoms with Crippen molar-refractivity contribution in [2.24, 2.45) is 0 Å². The van der Waals surface area contributed by atoms with Crippen molar-refractivity contribution >= 4 is 45.5 Å². The molecular weight excluding hydrogens is 456 g/mol. The van der Waals surface area contributed by atoms with Crippen molar-refractivity contribution < 1.29 is 29.0 Å². The lowest BCUT2D eigenvalue weighted by Gasteiger charge is -2.26. The van der Waals surface area contributed by atoms with Crippen LogP contribution in [-0.2, 0) is 9.59 Å². The maximum atomic E-state index is 12.9. The van der Waals surface area contributed by atoms with Crippen LogP contribution in [0.3, 0.4) is 0 Å². The zero-order valence-corrected chi connectivity index (χ0v) is 17.9. The first-order valence-corrected chi connectivity index (χ1v) is 9.85. The van der Waals surface area contributed by atoms with Crippen LogP contribution in [-0.4, -0.2) is 36.7 Å². The largest absolute Gasteiger partial charge is 0.508 e. The maximum absolute atomic E-state index is 12.9. The number of rotatable bonds is 6. The third kappa shape index (κ3) is 4.30. The van der Waals surface area contributed by atoms with Crippen molar-refractivity contribution in [3.63, 3.8) is 0 Å². The SMILES string of the molecule is CCCOc1c(Br)cc(/C=C2\C(=O)NC(=O)N(c3ccc(O)cc3)C2=O)cc1OC. The number of phenolic OH excluding ortho intramolecular Hbond substituents is 1. The molecule has 156 valence electrons. The number of halogens is 1. The topological polar surface area (TPSA) is 105 Å². The number of nitrogens with zero attached hydrogens (tertiary/aromatic N) is 1. The number of urea groups is 1. The summed E-state index contributed by atoms with van der Waals surface area (Å²) in [5.41, 5.74) is 0.496. The second kappa shape index (κ2) is 9.00. The summed E-state index contributed by atoms with van der Waals surface area (Å²) in [5, 5.41) is 11.6. The van der Waals surface area contributed by atoms with Crippen molar-refractivity contribution in [1.29, 1.82) is 0 Å². The highest BCUT2D eigenvalue weighted by atomic mass is 79.9. The van der Waals surface area contributed by atoms with Crippen LogP contribution in [0.15, 0.2) is 46.4 Å². The molecule has 1 aliphatic heterocycles. The van der Waals surface area contributed by atoms with Crippen LogP contribution in [0.2, 0.25) is 0 Å². The second-order valence-electron chi connectivity index (χ2n) is 6.36. The number of amides is 4. The summed E-state index contributed by atoms with van der Waals surface area (Å²) in [6.45, 7) is 2.48. The zero-order valence-electron chi connectivity index (χ0n) is 16.3. The number of aromatic hydroxyl groups is 1. The molecule has 4 amide bonds. The van der Waals surface area contributed by atoms with Gasteiger partial charge in [-0.25, -0.2) is 9.69 Å². The van der Waals surface area contributed by atoms with E-state index in [4.69, 9.17) is 9.47 Å². The average molecular weight is 475 g/mol. The predicted molar refractivity (Wildman–Crippen MR) is 114 cm³/mol. The molecule has 0 aromatic heterocycles. The molecule has 0 saturated carbocycles. The number of carbonyl (C=O) groups excluding carboxylic acids is 3. The van der Waals surface area contributed by atoms with Gasteiger partial charge in [-0.1, -0.05) is 6.92 Å². The molecule has 2 aromatic rings. The zero-order chi connectivity index (χ0) is 21.8. The van der Waals surface area contributed by atoms with Crippen LogP contribution in [0, 0.1) is 0 Å². The fourth-order valence-electron chi connectivity index (χ4n) is 2.83. The number of phenols is 1. The minimum absolute atomic E-state index is 0.0159. The van der Waals surface area contributed by atoms with Gasteiger partial charge < -0.3 is 14.6 Å². The van der Waals surface area contributed by atoms with Gasteiger partial charge in [-0.05, 0) is 70.4 Å². The smallest absolute Gasteiger partial charge is 0.335 e. The van der Waals surface area contributed by atoms with E-state index < -0.39 is 17.8 Å². The lowest BCUT2D eigenvalue weighted by molar-refractivity contribution is -0.122. The predicted octanol–water partition coefficient (Wildman–Crippen LogP) is 3.62. The van der Waals surface area contributed by atoms with E-state index >= 15 is 0 Å². The molecule has 1 saturated heterocycles. The molecule has 2 N–H and O–H groups in total. The van der Waals surface area contributed by atoms with Gasteiger partial charge in [0.2, 0.25) is 0 Å². The monoisotopic (exact) mass is 474 g/mol. The minimum Gasteiger partial charge on any atom is -0.508 e. The van der Waals surface area contributed by atoms with Gasteiger partial charge in [-0.15, -0.1) is 0 Å². The number of imide groups is 2. The van der Waals surface area contributed by atoms with Crippen LogP contribution in [0.5, 0.6) is 17.2 Å². The van der Waals surface area contributed by atoms with Crippen LogP contribution < -0.4 is 19.7 Å². The molecule has 0 bridgehead atoms. The average Bonchev–Trinajstić information content (AvgIpc) is 2.71. The van der Waals surface area contributed by atoms with Crippen molar-refractivity contribution in [3.05, 3.63) is 52.0 Å². The molecule has 9 heteroatoms. The number of methoxy groups -OCH3 is 1. The summed E-state index contributed by atoms with van der Waals surface area (Å²) < 4.78 is 11.6. The van der Waals surface area contributed by atoms with E-state index in [2.05, 4.69) is 21.2 Å². The molecule has 30 heavy (non-hydrogen) atoms. The quantitative estimate of drug-likeness (QED) is 0.489. The fourth-order valence-corrected chi connectivity index (χ4v) is 3.40. The van der Waals surface area contributed by atoms with E-state index in [1.54, 1.807) is 12.1 Å². The van der Waals surface area contributed by atoms with Crippen LogP contribution in [0.25, 0.3) is 6.08 Å². The minimum atomic E-state index is -0.866. The van der Waals surface area contributed by atoms with Crippen LogP contribution >= 0.6 is 15.9 Å². The standard InChI is InChI=1S/C21H19BrN2O6/c1-3-8-30-18-16(22)10-12(11-17(18)29-2)9-15-19(26)23-21(28)24(20(15)27)13-4-6-14(25)7-5-13/h4-7,9-11,25H,3,8H2,1-2H3,(H,23,26,28)/b15-9+. The Bertz CT molecular complexity index is 1030. The normalized spacial score (nSPS) is 15.4. The first-order chi connectivity index (χ1) is 14.3. The van der Waals surface area contributed by atoms with Crippen molar-refractivity contribution in [2.75, 3.05) is 18.6 Å². The number of barbiturate groups is 1. The Morgan fingerprint density at radius 2 is 1.87 bits per heavy atom. The molecule has 8 nitrogen and oxygen atoms in total. The molecule has 1 aliphatic rings. The van der Waals surface area contributed by atoms with Crippen molar-refractivity contribution in [3.8, 4) is 17.2 Å². The number of anilines is 1. The molecular formula is C21H19BrN2O6. The second-order valence-corrected chi connectivity index (χ2v) is 7.21. The van der Waals surface area contributed by atoms with Gasteiger partial charge in [0.05, 0.1) is 23.9 Å². The molecule has 0 unspecified atom stereocenters.